The first-order valence-corrected chi connectivity index (χ1v) is 4.96. The molecule has 1 saturated heterocycles. The summed E-state index contributed by atoms with van der Waals surface area (Å²) < 4.78 is 5.26. The zero-order valence-electron chi connectivity index (χ0n) is 8.11. The summed E-state index contributed by atoms with van der Waals surface area (Å²) in [5.41, 5.74) is 0.661. The van der Waals surface area contributed by atoms with Crippen molar-refractivity contribution in [3.8, 4) is 0 Å². The maximum Gasteiger partial charge on any atom is 0.164 e. The van der Waals surface area contributed by atoms with E-state index in [1.807, 2.05) is 0 Å². The highest BCUT2D eigenvalue weighted by Crippen LogP contribution is 2.15. The van der Waals surface area contributed by atoms with Crippen LogP contribution in [0.4, 0.5) is 0 Å². The third-order valence-electron chi connectivity index (χ3n) is 2.46. The Hall–Kier alpha value is -1.16. The highest BCUT2D eigenvalue weighted by molar-refractivity contribution is 6.28. The van der Waals surface area contributed by atoms with Gasteiger partial charge in [-0.2, -0.15) is 0 Å². The number of carbonyl (C=O) groups excluding carboxylic acids is 1. The Morgan fingerprint density at radius 3 is 2.93 bits per heavy atom. The highest BCUT2D eigenvalue weighted by Gasteiger charge is 2.15. The highest BCUT2D eigenvalue weighted by atomic mass is 16.5. The average Bonchev–Trinajstić information content (AvgIpc) is 2.30. The summed E-state index contributed by atoms with van der Waals surface area (Å²) in [6.45, 7) is 3.26. The maximum absolute atomic E-state index is 10.6. The minimum absolute atomic E-state index is 0.661. The van der Waals surface area contributed by atoms with Gasteiger partial charge in [0, 0.05) is 13.1 Å². The lowest BCUT2D eigenvalue weighted by Gasteiger charge is -2.30. The minimum atomic E-state index is 0.661. The number of aliphatic imine (C=N–C) groups is 1. The van der Waals surface area contributed by atoms with Gasteiger partial charge in [0.2, 0.25) is 0 Å². The van der Waals surface area contributed by atoms with Gasteiger partial charge in [0.1, 0.15) is 5.82 Å². The first-order chi connectivity index (χ1) is 6.90. The number of allylic oxidation sites excluding steroid dienone is 1. The van der Waals surface area contributed by atoms with Crippen molar-refractivity contribution in [2.24, 2.45) is 4.99 Å². The summed E-state index contributed by atoms with van der Waals surface area (Å²) in [6.07, 6.45) is 4.65. The lowest BCUT2D eigenvalue weighted by atomic mass is 10.1. The molecule has 2 aliphatic rings. The Morgan fingerprint density at radius 2 is 2.21 bits per heavy atom. The maximum atomic E-state index is 10.6. The van der Waals surface area contributed by atoms with Crippen molar-refractivity contribution >= 4 is 12.0 Å². The molecule has 0 aromatic heterocycles. The lowest BCUT2D eigenvalue weighted by molar-refractivity contribution is -0.102. The summed E-state index contributed by atoms with van der Waals surface area (Å²) >= 11 is 0. The van der Waals surface area contributed by atoms with E-state index in [1.165, 1.54) is 0 Å². The van der Waals surface area contributed by atoms with Crippen LogP contribution < -0.4 is 0 Å². The molecule has 0 aromatic rings. The molecule has 0 aromatic carbocycles. The fourth-order valence-electron chi connectivity index (χ4n) is 1.68. The fraction of sp³-hybridized carbons (Fsp3) is 0.600. The number of carbonyl (C=O) groups is 1. The van der Waals surface area contributed by atoms with Gasteiger partial charge in [-0.05, 0) is 18.9 Å². The van der Waals surface area contributed by atoms with Crippen LogP contribution in [0, 0.1) is 0 Å². The van der Waals surface area contributed by atoms with E-state index in [4.69, 9.17) is 4.74 Å². The molecule has 0 amide bonds. The number of nitrogens with zero attached hydrogens (tertiary/aromatic N) is 2. The predicted octanol–water partition coefficient (Wildman–Crippen LogP) is 0.594. The molecule has 2 rings (SSSR count). The molecule has 0 aliphatic carbocycles. The molecule has 2 heterocycles. The molecular weight excluding hydrogens is 180 g/mol. The van der Waals surface area contributed by atoms with Crippen LogP contribution >= 0.6 is 0 Å². The Morgan fingerprint density at radius 1 is 1.43 bits per heavy atom. The molecule has 4 heteroatoms. The summed E-state index contributed by atoms with van der Waals surface area (Å²) in [5.74, 6) is 0.946. The second-order valence-electron chi connectivity index (χ2n) is 3.42. The molecule has 1 fully saturated rings. The van der Waals surface area contributed by atoms with Gasteiger partial charge < -0.3 is 9.64 Å². The molecule has 0 N–H and O–H groups in total. The van der Waals surface area contributed by atoms with Gasteiger partial charge in [-0.1, -0.05) is 0 Å². The largest absolute Gasteiger partial charge is 0.378 e. The Kier molecular flexibility index (Phi) is 2.93. The molecule has 0 spiro atoms. The van der Waals surface area contributed by atoms with Crippen LogP contribution in [0.15, 0.2) is 16.9 Å². The molecule has 4 nitrogen and oxygen atoms in total. The van der Waals surface area contributed by atoms with Gasteiger partial charge in [0.15, 0.2) is 6.29 Å². The second-order valence-corrected chi connectivity index (χ2v) is 3.42. The normalized spacial score (nSPS) is 22.7. The zero-order chi connectivity index (χ0) is 9.80. The van der Waals surface area contributed by atoms with Crippen LogP contribution in [0.3, 0.4) is 0 Å². The van der Waals surface area contributed by atoms with E-state index in [9.17, 15) is 4.79 Å². The number of morpholine rings is 1. The molecular formula is C10H14N2O2. The average molecular weight is 194 g/mol. The zero-order valence-corrected chi connectivity index (χ0v) is 8.11. The summed E-state index contributed by atoms with van der Waals surface area (Å²) in [4.78, 5) is 17.1. The van der Waals surface area contributed by atoms with Gasteiger partial charge in [-0.25, -0.2) is 4.99 Å². The van der Waals surface area contributed by atoms with Crippen molar-refractivity contribution in [1.82, 2.24) is 4.90 Å². The Labute approximate surface area is 83.3 Å². The van der Waals surface area contributed by atoms with Crippen molar-refractivity contribution in [3.63, 3.8) is 0 Å². The summed E-state index contributed by atoms with van der Waals surface area (Å²) in [5, 5.41) is 0. The number of ether oxygens (including phenoxy) is 1. The van der Waals surface area contributed by atoms with Gasteiger partial charge >= 0.3 is 0 Å². The van der Waals surface area contributed by atoms with Crippen LogP contribution in [0.1, 0.15) is 12.8 Å². The third-order valence-corrected chi connectivity index (χ3v) is 2.46. The summed E-state index contributed by atoms with van der Waals surface area (Å²) in [7, 11) is 0. The van der Waals surface area contributed by atoms with Gasteiger partial charge in [0.05, 0.1) is 18.9 Å². The van der Waals surface area contributed by atoms with E-state index >= 15 is 0 Å². The third kappa shape index (κ3) is 2.01. The Balaban J connectivity index is 2.05. The van der Waals surface area contributed by atoms with Gasteiger partial charge in [-0.15, -0.1) is 0 Å². The van der Waals surface area contributed by atoms with E-state index in [2.05, 4.69) is 16.0 Å². The first kappa shape index (κ1) is 9.40. The van der Waals surface area contributed by atoms with Crippen LogP contribution in [0.25, 0.3) is 0 Å². The van der Waals surface area contributed by atoms with Crippen LogP contribution in [0.2, 0.25) is 0 Å². The molecule has 0 radical (unpaired) electrons. The van der Waals surface area contributed by atoms with Crippen molar-refractivity contribution in [1.29, 1.82) is 0 Å². The lowest BCUT2D eigenvalue weighted by Crippen LogP contribution is -2.35. The topological polar surface area (TPSA) is 41.9 Å². The molecule has 2 aliphatic heterocycles. The minimum Gasteiger partial charge on any atom is -0.378 e. The van der Waals surface area contributed by atoms with Crippen molar-refractivity contribution < 1.29 is 9.53 Å². The predicted molar refractivity (Wildman–Crippen MR) is 53.2 cm³/mol. The van der Waals surface area contributed by atoms with E-state index in [0.717, 1.165) is 51.3 Å². The van der Waals surface area contributed by atoms with Crippen molar-refractivity contribution in [3.05, 3.63) is 11.9 Å². The Bertz CT molecular complexity index is 278. The molecule has 0 unspecified atom stereocenters. The van der Waals surface area contributed by atoms with Crippen molar-refractivity contribution in [2.45, 2.75) is 12.8 Å². The number of hydrogen-bond acceptors (Lipinski definition) is 4. The number of hydrogen-bond donors (Lipinski definition) is 0. The van der Waals surface area contributed by atoms with E-state index in [0.29, 0.717) is 5.71 Å². The quantitative estimate of drug-likeness (QED) is 0.604. The van der Waals surface area contributed by atoms with Crippen LogP contribution in [0.5, 0.6) is 0 Å². The van der Waals surface area contributed by atoms with Gasteiger partial charge in [0.25, 0.3) is 0 Å². The van der Waals surface area contributed by atoms with Crippen molar-refractivity contribution in [2.75, 3.05) is 26.3 Å². The second kappa shape index (κ2) is 4.37. The molecule has 0 bridgehead atoms. The van der Waals surface area contributed by atoms with E-state index in [-0.39, 0.29) is 0 Å². The van der Waals surface area contributed by atoms with Crippen LogP contribution in [-0.2, 0) is 9.53 Å². The van der Waals surface area contributed by atoms with Crippen LogP contribution in [-0.4, -0.2) is 43.2 Å². The fourth-order valence-corrected chi connectivity index (χ4v) is 1.68. The monoisotopic (exact) mass is 194 g/mol. The molecule has 76 valence electrons. The summed E-state index contributed by atoms with van der Waals surface area (Å²) in [6, 6.07) is 0. The molecule has 14 heavy (non-hydrogen) atoms. The molecule has 0 saturated carbocycles. The van der Waals surface area contributed by atoms with Gasteiger partial charge in [-0.3, -0.25) is 4.79 Å². The number of aldehydes is 1. The smallest absolute Gasteiger partial charge is 0.164 e. The standard InChI is InChI=1S/C10H14N2O2/c13-8-9-2-1-3-10(11-9)12-4-6-14-7-5-12/h3,8H,1-2,4-7H2. The SMILES string of the molecule is O=CC1=NC(N2CCOCC2)=CCC1. The molecule has 0 atom stereocenters. The first-order valence-electron chi connectivity index (χ1n) is 4.96. The van der Waals surface area contributed by atoms with E-state index < -0.39 is 0 Å². The number of rotatable bonds is 2. The van der Waals surface area contributed by atoms with E-state index in [1.54, 1.807) is 0 Å².